The lowest BCUT2D eigenvalue weighted by atomic mass is 10.2. The number of guanidine groups is 2. The molecule has 0 bridgehead atoms. The van der Waals surface area contributed by atoms with Gasteiger partial charge in [-0.2, -0.15) is 4.99 Å². The molecule has 0 aliphatic rings. The van der Waals surface area contributed by atoms with E-state index in [1.807, 2.05) is 48.5 Å². The van der Waals surface area contributed by atoms with Crippen LogP contribution in [-0.2, 0) is 0 Å². The number of H-pyrrole nitrogens is 1. The van der Waals surface area contributed by atoms with Crippen LogP contribution in [0.4, 0.5) is 5.69 Å². The Kier molecular flexibility index (Phi) is 3.45. The molecule has 0 saturated heterocycles. The van der Waals surface area contributed by atoms with Crippen LogP contribution < -0.4 is 17.2 Å². The highest BCUT2D eigenvalue weighted by atomic mass is 15.1. The molecule has 3 rings (SSSR count). The van der Waals surface area contributed by atoms with Crippen molar-refractivity contribution in [2.24, 2.45) is 27.2 Å². The molecule has 7 nitrogen and oxygen atoms in total. The first kappa shape index (κ1) is 13.6. The number of aromatic amines is 1. The highest BCUT2D eigenvalue weighted by Gasteiger charge is 2.09. The highest BCUT2D eigenvalue weighted by molar-refractivity contribution is 5.94. The number of para-hydroxylation sites is 3. The van der Waals surface area contributed by atoms with Gasteiger partial charge in [-0.25, -0.2) is 9.98 Å². The normalized spacial score (nSPS) is 11.5. The van der Waals surface area contributed by atoms with Crippen molar-refractivity contribution < 1.29 is 0 Å². The summed E-state index contributed by atoms with van der Waals surface area (Å²) in [5.74, 6) is 0.559. The highest BCUT2D eigenvalue weighted by Crippen LogP contribution is 2.29. The van der Waals surface area contributed by atoms with Crippen LogP contribution in [0.15, 0.2) is 58.5 Å². The molecule has 7 heteroatoms. The smallest absolute Gasteiger partial charge is 0.223 e. The van der Waals surface area contributed by atoms with Crippen LogP contribution in [0.3, 0.4) is 0 Å². The van der Waals surface area contributed by atoms with Crippen LogP contribution in [0.5, 0.6) is 0 Å². The van der Waals surface area contributed by atoms with E-state index in [1.54, 1.807) is 0 Å². The summed E-state index contributed by atoms with van der Waals surface area (Å²) in [5, 5.41) is 0. The SMILES string of the molecule is NC(N)=NC(N)=Nc1ccccc1-c1nc2ccccc2[nH]1. The minimum Gasteiger partial charge on any atom is -0.370 e. The number of nitrogens with two attached hydrogens (primary N) is 3. The molecule has 0 spiro atoms. The van der Waals surface area contributed by atoms with Gasteiger partial charge in [-0.05, 0) is 24.3 Å². The topological polar surface area (TPSA) is 131 Å². The lowest BCUT2D eigenvalue weighted by Gasteiger charge is -2.02. The molecule has 22 heavy (non-hydrogen) atoms. The summed E-state index contributed by atoms with van der Waals surface area (Å²) in [4.78, 5) is 15.8. The summed E-state index contributed by atoms with van der Waals surface area (Å²) in [7, 11) is 0. The summed E-state index contributed by atoms with van der Waals surface area (Å²) < 4.78 is 0. The first-order valence-electron chi connectivity index (χ1n) is 6.61. The molecular formula is C15H15N7. The van der Waals surface area contributed by atoms with Gasteiger partial charge in [0.2, 0.25) is 5.96 Å². The van der Waals surface area contributed by atoms with Crippen LogP contribution in [-0.4, -0.2) is 21.9 Å². The molecule has 0 saturated carbocycles. The maximum Gasteiger partial charge on any atom is 0.223 e. The van der Waals surface area contributed by atoms with E-state index in [4.69, 9.17) is 17.2 Å². The van der Waals surface area contributed by atoms with E-state index in [2.05, 4.69) is 20.0 Å². The second kappa shape index (κ2) is 5.57. The van der Waals surface area contributed by atoms with E-state index in [0.717, 1.165) is 16.6 Å². The summed E-state index contributed by atoms with van der Waals surface area (Å²) in [6.45, 7) is 0. The molecule has 0 aliphatic heterocycles. The monoisotopic (exact) mass is 293 g/mol. The fraction of sp³-hybridized carbons (Fsp3) is 0. The van der Waals surface area contributed by atoms with Crippen molar-refractivity contribution in [3.8, 4) is 11.4 Å². The summed E-state index contributed by atoms with van der Waals surface area (Å²) in [6, 6.07) is 15.3. The second-order valence-corrected chi connectivity index (χ2v) is 4.63. The van der Waals surface area contributed by atoms with Crippen molar-refractivity contribution in [3.05, 3.63) is 48.5 Å². The van der Waals surface area contributed by atoms with Crippen molar-refractivity contribution >= 4 is 28.6 Å². The third-order valence-corrected chi connectivity index (χ3v) is 3.03. The average molecular weight is 293 g/mol. The zero-order valence-corrected chi connectivity index (χ0v) is 11.7. The second-order valence-electron chi connectivity index (χ2n) is 4.63. The zero-order chi connectivity index (χ0) is 15.5. The molecule has 7 N–H and O–H groups in total. The average Bonchev–Trinajstić information content (AvgIpc) is 2.90. The van der Waals surface area contributed by atoms with Crippen molar-refractivity contribution in [3.63, 3.8) is 0 Å². The van der Waals surface area contributed by atoms with Crippen molar-refractivity contribution in [2.45, 2.75) is 0 Å². The summed E-state index contributed by atoms with van der Waals surface area (Å²) in [6.07, 6.45) is 0. The maximum absolute atomic E-state index is 5.70. The Morgan fingerprint density at radius 1 is 0.955 bits per heavy atom. The molecule has 1 aromatic heterocycles. The van der Waals surface area contributed by atoms with Crippen LogP contribution in [0.25, 0.3) is 22.4 Å². The molecule has 0 fully saturated rings. The van der Waals surface area contributed by atoms with E-state index in [-0.39, 0.29) is 11.9 Å². The van der Waals surface area contributed by atoms with Crippen molar-refractivity contribution in [1.29, 1.82) is 0 Å². The number of aliphatic imine (C=N–C) groups is 2. The number of fused-ring (bicyclic) bond motifs is 1. The van der Waals surface area contributed by atoms with Gasteiger partial charge in [-0.3, -0.25) is 0 Å². The standard InChI is InChI=1S/C15H15N7/c16-14(17)22-15(18)21-10-6-2-1-5-9(10)13-19-11-7-3-4-8-12(11)20-13/h1-8H,(H,19,20)(H6,16,17,18,21,22). The number of aromatic nitrogens is 2. The van der Waals surface area contributed by atoms with Gasteiger partial charge >= 0.3 is 0 Å². The molecule has 3 aromatic rings. The first-order chi connectivity index (χ1) is 10.6. The van der Waals surface area contributed by atoms with Gasteiger partial charge in [0.1, 0.15) is 5.82 Å². The number of hydrogen-bond acceptors (Lipinski definition) is 2. The first-order valence-corrected chi connectivity index (χ1v) is 6.61. The number of nitrogens with zero attached hydrogens (tertiary/aromatic N) is 3. The minimum atomic E-state index is -0.137. The van der Waals surface area contributed by atoms with Gasteiger partial charge in [0.05, 0.1) is 16.7 Å². The number of nitrogens with one attached hydrogen (secondary N) is 1. The quantitative estimate of drug-likeness (QED) is 0.420. The zero-order valence-electron chi connectivity index (χ0n) is 11.7. The Labute approximate surface area is 126 Å². The predicted octanol–water partition coefficient (Wildman–Crippen LogP) is 1.45. The molecular weight excluding hydrogens is 278 g/mol. The molecule has 1 heterocycles. The van der Waals surface area contributed by atoms with Gasteiger partial charge in [-0.1, -0.05) is 24.3 Å². The van der Waals surface area contributed by atoms with E-state index in [9.17, 15) is 0 Å². The van der Waals surface area contributed by atoms with Crippen LogP contribution in [0, 0.1) is 0 Å². The molecule has 0 aliphatic carbocycles. The molecule has 0 radical (unpaired) electrons. The van der Waals surface area contributed by atoms with E-state index < -0.39 is 0 Å². The molecule has 0 atom stereocenters. The van der Waals surface area contributed by atoms with E-state index in [0.29, 0.717) is 11.5 Å². The number of rotatable bonds is 2. The summed E-state index contributed by atoms with van der Waals surface area (Å²) in [5.41, 5.74) is 19.6. The van der Waals surface area contributed by atoms with Crippen molar-refractivity contribution in [2.75, 3.05) is 0 Å². The van der Waals surface area contributed by atoms with Crippen LogP contribution in [0.2, 0.25) is 0 Å². The Hall–Kier alpha value is -3.35. The predicted molar refractivity (Wildman–Crippen MR) is 88.6 cm³/mol. The Bertz CT molecular complexity index is 839. The third-order valence-electron chi connectivity index (χ3n) is 3.03. The van der Waals surface area contributed by atoms with Gasteiger partial charge in [-0.15, -0.1) is 0 Å². The lowest BCUT2D eigenvalue weighted by molar-refractivity contribution is 1.31. The Balaban J connectivity index is 2.10. The number of imidazole rings is 1. The Morgan fingerprint density at radius 3 is 2.45 bits per heavy atom. The van der Waals surface area contributed by atoms with Gasteiger partial charge in [0, 0.05) is 5.56 Å². The maximum atomic E-state index is 5.70. The van der Waals surface area contributed by atoms with Gasteiger partial charge in [0.25, 0.3) is 0 Å². The number of benzene rings is 2. The molecule has 110 valence electrons. The molecule has 2 aromatic carbocycles. The minimum absolute atomic E-state index is 0.0106. The largest absolute Gasteiger partial charge is 0.370 e. The fourth-order valence-electron chi connectivity index (χ4n) is 2.13. The van der Waals surface area contributed by atoms with Gasteiger partial charge in [0.15, 0.2) is 5.96 Å². The fourth-order valence-corrected chi connectivity index (χ4v) is 2.13. The Morgan fingerprint density at radius 2 is 1.68 bits per heavy atom. The van der Waals surface area contributed by atoms with Gasteiger partial charge < -0.3 is 22.2 Å². The number of hydrogen-bond donors (Lipinski definition) is 4. The van der Waals surface area contributed by atoms with E-state index >= 15 is 0 Å². The third kappa shape index (κ3) is 2.73. The van der Waals surface area contributed by atoms with E-state index in [1.165, 1.54) is 0 Å². The molecule has 0 amide bonds. The van der Waals surface area contributed by atoms with Crippen LogP contribution in [0.1, 0.15) is 0 Å². The van der Waals surface area contributed by atoms with Crippen LogP contribution >= 0.6 is 0 Å². The lowest BCUT2D eigenvalue weighted by Crippen LogP contribution is -2.26. The van der Waals surface area contributed by atoms with Crippen molar-refractivity contribution in [1.82, 2.24) is 9.97 Å². The summed E-state index contributed by atoms with van der Waals surface area (Å²) >= 11 is 0. The molecule has 0 unspecified atom stereocenters.